The van der Waals surface area contributed by atoms with Crippen molar-refractivity contribution in [3.63, 3.8) is 0 Å². The number of hydrogen-bond donors (Lipinski definition) is 2. The van der Waals surface area contributed by atoms with Gasteiger partial charge in [0.25, 0.3) is 5.91 Å². The number of aliphatic hydroxyl groups is 1. The first kappa shape index (κ1) is 22.7. The molecular weight excluding hydrogens is 444 g/mol. The molecule has 2 aromatic carbocycles. The molecule has 33 heavy (non-hydrogen) atoms. The summed E-state index contributed by atoms with van der Waals surface area (Å²) >= 11 is 5.89. The van der Waals surface area contributed by atoms with E-state index in [0.29, 0.717) is 29.1 Å². The molecule has 0 saturated heterocycles. The molecule has 1 aliphatic heterocycles. The first-order chi connectivity index (χ1) is 15.9. The minimum absolute atomic E-state index is 0.126. The van der Waals surface area contributed by atoms with Crippen LogP contribution in [-0.2, 0) is 11.3 Å². The van der Waals surface area contributed by atoms with Crippen LogP contribution >= 0.6 is 11.6 Å². The molecule has 9 heteroatoms. The second-order valence-electron chi connectivity index (χ2n) is 7.71. The highest BCUT2D eigenvalue weighted by atomic mass is 35.5. The molecule has 3 aromatic rings. The summed E-state index contributed by atoms with van der Waals surface area (Å²) in [6.07, 6.45) is 1.55. The van der Waals surface area contributed by atoms with E-state index in [-0.39, 0.29) is 23.7 Å². The van der Waals surface area contributed by atoms with Gasteiger partial charge < -0.3 is 20.1 Å². The van der Waals surface area contributed by atoms with Gasteiger partial charge in [-0.05, 0) is 53.9 Å². The number of carbonyl (C=O) groups is 2. The van der Waals surface area contributed by atoms with Crippen LogP contribution in [0.3, 0.4) is 0 Å². The molecular formula is C24H23ClN4O4. The van der Waals surface area contributed by atoms with E-state index in [2.05, 4.69) is 15.3 Å². The van der Waals surface area contributed by atoms with Gasteiger partial charge in [-0.3, -0.25) is 9.59 Å². The Labute approximate surface area is 196 Å². The van der Waals surface area contributed by atoms with Crippen LogP contribution in [0.15, 0.2) is 54.7 Å². The second kappa shape index (κ2) is 9.56. The van der Waals surface area contributed by atoms with Gasteiger partial charge in [-0.15, -0.1) is 0 Å². The number of methoxy groups -OCH3 is 1. The van der Waals surface area contributed by atoms with E-state index in [1.807, 2.05) is 12.1 Å². The van der Waals surface area contributed by atoms with Gasteiger partial charge in [-0.2, -0.15) is 0 Å². The Morgan fingerprint density at radius 1 is 1.27 bits per heavy atom. The zero-order chi connectivity index (χ0) is 23.5. The normalized spacial score (nSPS) is 14.5. The lowest BCUT2D eigenvalue weighted by atomic mass is 10.0. The summed E-state index contributed by atoms with van der Waals surface area (Å²) in [5, 5.41) is 12.8. The van der Waals surface area contributed by atoms with Gasteiger partial charge in [-0.1, -0.05) is 24.3 Å². The number of nitrogens with one attached hydrogen (secondary N) is 1. The average Bonchev–Trinajstić information content (AvgIpc) is 3.17. The molecule has 2 N–H and O–H groups in total. The number of aliphatic hydroxyl groups excluding tert-OH is 1. The topological polar surface area (TPSA) is 105 Å². The number of nitrogens with zero attached hydrogens (tertiary/aromatic N) is 3. The van der Waals surface area contributed by atoms with Gasteiger partial charge >= 0.3 is 0 Å². The summed E-state index contributed by atoms with van der Waals surface area (Å²) in [6.45, 7) is 1.70. The number of benzene rings is 2. The third-order valence-corrected chi connectivity index (χ3v) is 5.89. The lowest BCUT2D eigenvalue weighted by molar-refractivity contribution is -0.126. The summed E-state index contributed by atoms with van der Waals surface area (Å²) in [4.78, 5) is 35.7. The van der Waals surface area contributed by atoms with Crippen LogP contribution in [0.4, 0.5) is 0 Å². The van der Waals surface area contributed by atoms with Crippen molar-refractivity contribution in [2.75, 3.05) is 13.7 Å². The summed E-state index contributed by atoms with van der Waals surface area (Å²) in [5.74, 6) is 0.0246. The summed E-state index contributed by atoms with van der Waals surface area (Å²) < 4.78 is 5.22. The third kappa shape index (κ3) is 4.67. The fraction of sp³-hybridized carbons (Fsp3) is 0.250. The molecule has 0 unspecified atom stereocenters. The quantitative estimate of drug-likeness (QED) is 0.519. The number of fused-ring (bicyclic) bond motifs is 1. The molecule has 1 aliphatic rings. The minimum atomic E-state index is -0.735. The largest absolute Gasteiger partial charge is 0.497 e. The van der Waals surface area contributed by atoms with Crippen LogP contribution < -0.4 is 10.1 Å². The van der Waals surface area contributed by atoms with Crippen molar-refractivity contribution in [1.82, 2.24) is 20.2 Å². The molecule has 170 valence electrons. The van der Waals surface area contributed by atoms with Crippen LogP contribution in [0.25, 0.3) is 11.3 Å². The fourth-order valence-corrected chi connectivity index (χ4v) is 3.97. The third-order valence-electron chi connectivity index (χ3n) is 5.71. The van der Waals surface area contributed by atoms with E-state index >= 15 is 0 Å². The Morgan fingerprint density at radius 2 is 2.09 bits per heavy atom. The molecule has 0 bridgehead atoms. The minimum Gasteiger partial charge on any atom is -0.497 e. The van der Waals surface area contributed by atoms with Crippen LogP contribution in [-0.4, -0.2) is 51.5 Å². The Kier molecular flexibility index (Phi) is 6.57. The monoisotopic (exact) mass is 466 g/mol. The van der Waals surface area contributed by atoms with Gasteiger partial charge in [0.05, 0.1) is 25.5 Å². The van der Waals surface area contributed by atoms with E-state index in [1.54, 1.807) is 56.6 Å². The van der Waals surface area contributed by atoms with Crippen molar-refractivity contribution < 1.29 is 19.4 Å². The number of halogens is 1. The molecule has 2 heterocycles. The summed E-state index contributed by atoms with van der Waals surface area (Å²) in [5.41, 5.74) is 3.41. The Morgan fingerprint density at radius 3 is 2.82 bits per heavy atom. The molecule has 8 nitrogen and oxygen atoms in total. The van der Waals surface area contributed by atoms with Gasteiger partial charge in [0.15, 0.2) is 0 Å². The van der Waals surface area contributed by atoms with E-state index in [4.69, 9.17) is 16.3 Å². The standard InChI is InChI=1S/C24H23ClN4O4/c1-14(22(31)27-21(13-30)15-4-3-5-18(10-15)33-2)29-12-17-7-6-16(11-19(17)23(29)32)20-8-9-26-24(25)28-20/h3-11,14,21,30H,12-13H2,1-2H3,(H,27,31)/t14-,21-/m1/s1. The molecule has 1 aromatic heterocycles. The van der Waals surface area contributed by atoms with Crippen LogP contribution in [0.1, 0.15) is 34.5 Å². The maximum absolute atomic E-state index is 13.1. The molecule has 0 saturated carbocycles. The van der Waals surface area contributed by atoms with Crippen molar-refractivity contribution >= 4 is 23.4 Å². The van der Waals surface area contributed by atoms with Crippen molar-refractivity contribution in [3.8, 4) is 17.0 Å². The Hall–Kier alpha value is -3.49. The van der Waals surface area contributed by atoms with Crippen molar-refractivity contribution in [3.05, 3.63) is 76.7 Å². The maximum Gasteiger partial charge on any atom is 0.255 e. The molecule has 0 aliphatic carbocycles. The average molecular weight is 467 g/mol. The molecule has 4 rings (SSSR count). The second-order valence-corrected chi connectivity index (χ2v) is 8.05. The van der Waals surface area contributed by atoms with Gasteiger partial charge in [0, 0.05) is 23.9 Å². The zero-order valence-corrected chi connectivity index (χ0v) is 18.9. The van der Waals surface area contributed by atoms with Gasteiger partial charge in [0.1, 0.15) is 11.8 Å². The highest BCUT2D eigenvalue weighted by Gasteiger charge is 2.34. The number of aromatic nitrogens is 2. The highest BCUT2D eigenvalue weighted by molar-refractivity contribution is 6.28. The van der Waals surface area contributed by atoms with Crippen LogP contribution in [0, 0.1) is 0 Å². The fourth-order valence-electron chi connectivity index (χ4n) is 3.82. The molecule has 0 radical (unpaired) electrons. The summed E-state index contributed by atoms with van der Waals surface area (Å²) in [7, 11) is 1.55. The predicted octanol–water partition coefficient (Wildman–Crippen LogP) is 3.00. The van der Waals surface area contributed by atoms with Crippen LogP contribution in [0.2, 0.25) is 5.28 Å². The molecule has 0 fully saturated rings. The SMILES string of the molecule is COc1cccc([C@@H](CO)NC(=O)[C@@H](C)N2Cc3ccc(-c4ccnc(Cl)n4)cc3C2=O)c1. The summed E-state index contributed by atoms with van der Waals surface area (Å²) in [6, 6.07) is 13.0. The van der Waals surface area contributed by atoms with E-state index in [9.17, 15) is 14.7 Å². The maximum atomic E-state index is 13.1. The smallest absolute Gasteiger partial charge is 0.255 e. The van der Waals surface area contributed by atoms with Gasteiger partial charge in [-0.25, -0.2) is 9.97 Å². The lowest BCUT2D eigenvalue weighted by Gasteiger charge is -2.26. The molecule has 2 atom stereocenters. The lowest BCUT2D eigenvalue weighted by Crippen LogP contribution is -2.46. The van der Waals surface area contributed by atoms with Crippen molar-refractivity contribution in [2.24, 2.45) is 0 Å². The highest BCUT2D eigenvalue weighted by Crippen LogP contribution is 2.29. The first-order valence-electron chi connectivity index (χ1n) is 10.4. The number of ether oxygens (including phenoxy) is 1. The number of rotatable bonds is 7. The van der Waals surface area contributed by atoms with Crippen LogP contribution in [0.5, 0.6) is 5.75 Å². The Balaban J connectivity index is 1.50. The Bertz CT molecular complexity index is 1200. The predicted molar refractivity (Wildman–Crippen MR) is 123 cm³/mol. The van der Waals surface area contributed by atoms with E-state index in [1.165, 1.54) is 4.90 Å². The van der Waals surface area contributed by atoms with E-state index < -0.39 is 12.1 Å². The van der Waals surface area contributed by atoms with E-state index in [0.717, 1.165) is 11.1 Å². The zero-order valence-electron chi connectivity index (χ0n) is 18.2. The van der Waals surface area contributed by atoms with Crippen molar-refractivity contribution in [2.45, 2.75) is 25.6 Å². The molecule has 0 spiro atoms. The molecule has 2 amide bonds. The number of carbonyl (C=O) groups excluding carboxylic acids is 2. The number of hydrogen-bond acceptors (Lipinski definition) is 6. The van der Waals surface area contributed by atoms with Crippen molar-refractivity contribution in [1.29, 1.82) is 0 Å². The first-order valence-corrected chi connectivity index (χ1v) is 10.8. The number of amides is 2. The van der Waals surface area contributed by atoms with Gasteiger partial charge in [0.2, 0.25) is 11.2 Å².